The summed E-state index contributed by atoms with van der Waals surface area (Å²) in [5, 5.41) is 0. The summed E-state index contributed by atoms with van der Waals surface area (Å²) in [6, 6.07) is 13.6. The summed E-state index contributed by atoms with van der Waals surface area (Å²) in [5.41, 5.74) is 1.29. The van der Waals surface area contributed by atoms with Crippen molar-refractivity contribution in [3.63, 3.8) is 0 Å². The van der Waals surface area contributed by atoms with Gasteiger partial charge in [-0.25, -0.2) is 9.18 Å². The van der Waals surface area contributed by atoms with E-state index in [2.05, 4.69) is 0 Å². The standard InChI is InChI=1S/C25H28FNO4/c1-16-23(24(29)31-25(2,3)4)20(19-8-6-7-9-21(19)26)14-22(28)27(16)15-17-10-12-18(30-5)13-11-17/h6-13,20H,14-15H2,1-5H3/t20-/m0/s1. The van der Waals surface area contributed by atoms with E-state index in [0.29, 0.717) is 23.4 Å². The molecule has 6 heteroatoms. The molecule has 0 saturated heterocycles. The molecule has 0 saturated carbocycles. The van der Waals surface area contributed by atoms with E-state index in [4.69, 9.17) is 9.47 Å². The summed E-state index contributed by atoms with van der Waals surface area (Å²) in [7, 11) is 1.59. The summed E-state index contributed by atoms with van der Waals surface area (Å²) < 4.78 is 25.4. The molecule has 2 aromatic rings. The number of hydrogen-bond acceptors (Lipinski definition) is 4. The monoisotopic (exact) mass is 425 g/mol. The fourth-order valence-corrected chi connectivity index (χ4v) is 3.74. The van der Waals surface area contributed by atoms with Crippen molar-refractivity contribution < 1.29 is 23.5 Å². The van der Waals surface area contributed by atoms with Crippen molar-refractivity contribution in [2.45, 2.75) is 52.2 Å². The molecule has 0 aromatic heterocycles. The van der Waals surface area contributed by atoms with Crippen LogP contribution < -0.4 is 4.74 Å². The number of halogens is 1. The number of hydrogen-bond donors (Lipinski definition) is 0. The summed E-state index contributed by atoms with van der Waals surface area (Å²) >= 11 is 0. The van der Waals surface area contributed by atoms with Crippen LogP contribution in [0.4, 0.5) is 4.39 Å². The zero-order valence-corrected chi connectivity index (χ0v) is 18.6. The average molecular weight is 426 g/mol. The Hall–Kier alpha value is -3.15. The van der Waals surface area contributed by atoms with Gasteiger partial charge < -0.3 is 14.4 Å². The van der Waals surface area contributed by atoms with Crippen molar-refractivity contribution in [2.75, 3.05) is 7.11 Å². The summed E-state index contributed by atoms with van der Waals surface area (Å²) in [6.07, 6.45) is -0.0109. The van der Waals surface area contributed by atoms with Gasteiger partial charge >= 0.3 is 5.97 Å². The average Bonchev–Trinajstić information content (AvgIpc) is 2.70. The highest BCUT2D eigenvalue weighted by Gasteiger charge is 2.39. The van der Waals surface area contributed by atoms with E-state index in [1.54, 1.807) is 57.9 Å². The minimum absolute atomic E-state index is 0.0109. The van der Waals surface area contributed by atoms with Crippen LogP contribution in [-0.2, 0) is 20.9 Å². The molecular weight excluding hydrogens is 397 g/mol. The molecule has 1 aliphatic heterocycles. The molecule has 1 heterocycles. The van der Waals surface area contributed by atoms with Crippen molar-refractivity contribution in [2.24, 2.45) is 0 Å². The Morgan fingerprint density at radius 2 is 1.77 bits per heavy atom. The lowest BCUT2D eigenvalue weighted by Crippen LogP contribution is -2.39. The summed E-state index contributed by atoms with van der Waals surface area (Å²) in [5.74, 6) is -1.14. The lowest BCUT2D eigenvalue weighted by atomic mass is 9.83. The predicted octanol–water partition coefficient (Wildman–Crippen LogP) is 4.97. The molecule has 3 rings (SSSR count). The van der Waals surface area contributed by atoms with Crippen LogP contribution in [0.25, 0.3) is 0 Å². The highest BCUT2D eigenvalue weighted by atomic mass is 19.1. The molecule has 2 aromatic carbocycles. The number of benzene rings is 2. The lowest BCUT2D eigenvalue weighted by Gasteiger charge is -2.35. The van der Waals surface area contributed by atoms with Gasteiger partial charge in [0.2, 0.25) is 5.91 Å². The summed E-state index contributed by atoms with van der Waals surface area (Å²) in [4.78, 5) is 27.8. The van der Waals surface area contributed by atoms with Crippen LogP contribution in [0, 0.1) is 5.82 Å². The maximum absolute atomic E-state index is 14.6. The Kier molecular flexibility index (Phi) is 6.48. The number of rotatable bonds is 5. The first-order chi connectivity index (χ1) is 14.6. The Labute approximate surface area is 182 Å². The molecule has 0 N–H and O–H groups in total. The van der Waals surface area contributed by atoms with Gasteiger partial charge in [0, 0.05) is 18.0 Å². The van der Waals surface area contributed by atoms with Crippen LogP contribution in [0.1, 0.15) is 51.2 Å². The normalized spacial score (nSPS) is 17.0. The number of ether oxygens (including phenoxy) is 2. The maximum atomic E-state index is 14.6. The van der Waals surface area contributed by atoms with Gasteiger partial charge in [-0.05, 0) is 57.0 Å². The molecule has 31 heavy (non-hydrogen) atoms. The molecule has 5 nitrogen and oxygen atoms in total. The van der Waals surface area contributed by atoms with E-state index >= 15 is 0 Å². The molecule has 0 unspecified atom stereocenters. The van der Waals surface area contributed by atoms with E-state index in [9.17, 15) is 14.0 Å². The summed E-state index contributed by atoms with van der Waals surface area (Å²) in [6.45, 7) is 7.35. The van der Waals surface area contributed by atoms with Crippen LogP contribution in [0.3, 0.4) is 0 Å². The topological polar surface area (TPSA) is 55.8 Å². The fourth-order valence-electron chi connectivity index (χ4n) is 3.74. The van der Waals surface area contributed by atoms with Gasteiger partial charge in [-0.1, -0.05) is 30.3 Å². The van der Waals surface area contributed by atoms with Crippen molar-refractivity contribution in [1.82, 2.24) is 4.90 Å². The van der Waals surface area contributed by atoms with Gasteiger partial charge in [-0.2, -0.15) is 0 Å². The Bertz CT molecular complexity index is 1000. The van der Waals surface area contributed by atoms with E-state index in [1.165, 1.54) is 6.07 Å². The molecule has 0 aliphatic carbocycles. The molecule has 0 radical (unpaired) electrons. The molecule has 0 fully saturated rings. The second-order valence-electron chi connectivity index (χ2n) is 8.61. The van der Waals surface area contributed by atoms with Crippen LogP contribution in [0.5, 0.6) is 5.75 Å². The third-order valence-electron chi connectivity index (χ3n) is 5.22. The Balaban J connectivity index is 2.04. The second-order valence-corrected chi connectivity index (χ2v) is 8.61. The molecule has 1 amide bonds. The number of carbonyl (C=O) groups excluding carboxylic acids is 2. The van der Waals surface area contributed by atoms with Crippen molar-refractivity contribution in [3.05, 3.63) is 76.7 Å². The van der Waals surface area contributed by atoms with Gasteiger partial charge in [0.1, 0.15) is 17.2 Å². The van der Waals surface area contributed by atoms with Gasteiger partial charge in [-0.15, -0.1) is 0 Å². The van der Waals surface area contributed by atoms with Crippen LogP contribution in [0.2, 0.25) is 0 Å². The first-order valence-corrected chi connectivity index (χ1v) is 10.2. The third-order valence-corrected chi connectivity index (χ3v) is 5.22. The Morgan fingerprint density at radius 3 is 2.35 bits per heavy atom. The van der Waals surface area contributed by atoms with E-state index in [-0.39, 0.29) is 12.3 Å². The predicted molar refractivity (Wildman–Crippen MR) is 116 cm³/mol. The van der Waals surface area contributed by atoms with E-state index < -0.39 is 23.3 Å². The third kappa shape index (κ3) is 5.13. The van der Waals surface area contributed by atoms with E-state index in [1.807, 2.05) is 24.3 Å². The lowest BCUT2D eigenvalue weighted by molar-refractivity contribution is -0.150. The number of esters is 1. The minimum atomic E-state index is -0.716. The Morgan fingerprint density at radius 1 is 1.13 bits per heavy atom. The molecule has 0 spiro atoms. The van der Waals surface area contributed by atoms with Crippen molar-refractivity contribution in [1.29, 1.82) is 0 Å². The smallest absolute Gasteiger partial charge is 0.336 e. The first-order valence-electron chi connectivity index (χ1n) is 10.2. The van der Waals surface area contributed by atoms with E-state index in [0.717, 1.165) is 11.3 Å². The van der Waals surface area contributed by atoms with Gasteiger partial charge in [0.15, 0.2) is 0 Å². The minimum Gasteiger partial charge on any atom is -0.497 e. The number of carbonyl (C=O) groups is 2. The maximum Gasteiger partial charge on any atom is 0.336 e. The van der Waals surface area contributed by atoms with Crippen LogP contribution in [0.15, 0.2) is 59.8 Å². The highest BCUT2D eigenvalue weighted by molar-refractivity contribution is 5.96. The van der Waals surface area contributed by atoms with Crippen molar-refractivity contribution in [3.8, 4) is 5.75 Å². The number of amides is 1. The van der Waals surface area contributed by atoms with Crippen molar-refractivity contribution >= 4 is 11.9 Å². The molecular formula is C25H28FNO4. The number of allylic oxidation sites excluding steroid dienone is 1. The highest BCUT2D eigenvalue weighted by Crippen LogP contribution is 2.39. The molecule has 1 aliphatic rings. The number of nitrogens with zero attached hydrogens (tertiary/aromatic N) is 1. The van der Waals surface area contributed by atoms with Crippen LogP contribution in [-0.4, -0.2) is 29.5 Å². The van der Waals surface area contributed by atoms with Gasteiger partial charge in [0.05, 0.1) is 19.2 Å². The zero-order chi connectivity index (χ0) is 22.8. The van der Waals surface area contributed by atoms with Gasteiger partial charge in [-0.3, -0.25) is 4.79 Å². The fraction of sp³-hybridized carbons (Fsp3) is 0.360. The SMILES string of the molecule is COc1ccc(CN2C(=O)C[C@@H](c3ccccc3F)C(C(=O)OC(C)(C)C)=C2C)cc1. The second kappa shape index (κ2) is 8.92. The zero-order valence-electron chi connectivity index (χ0n) is 18.6. The first kappa shape index (κ1) is 22.5. The molecule has 164 valence electrons. The van der Waals surface area contributed by atoms with Gasteiger partial charge in [0.25, 0.3) is 0 Å². The molecule has 1 atom stereocenters. The quantitative estimate of drug-likeness (QED) is 0.635. The molecule has 0 bridgehead atoms. The number of methoxy groups -OCH3 is 1. The largest absolute Gasteiger partial charge is 0.497 e. The van der Waals surface area contributed by atoms with Crippen LogP contribution >= 0.6 is 0 Å².